The van der Waals surface area contributed by atoms with Crippen molar-refractivity contribution >= 4 is 11.6 Å². The van der Waals surface area contributed by atoms with Crippen LogP contribution < -0.4 is 0 Å². The van der Waals surface area contributed by atoms with Crippen LogP contribution in [0.1, 0.15) is 49.8 Å². The normalized spacial score (nSPS) is 28.7. The maximum atomic E-state index is 10.6. The topological polar surface area (TPSA) is 44.0 Å². The molecule has 0 aliphatic heterocycles. The lowest BCUT2D eigenvalue weighted by atomic mass is 9.67. The van der Waals surface area contributed by atoms with Gasteiger partial charge in [0, 0.05) is 5.02 Å². The molecule has 2 rings (SSSR count). The summed E-state index contributed by atoms with van der Waals surface area (Å²) in [6, 6.07) is 7.95. The zero-order valence-corrected chi connectivity index (χ0v) is 12.2. The number of benzene rings is 1. The summed E-state index contributed by atoms with van der Waals surface area (Å²) in [6.07, 6.45) is 2.78. The fourth-order valence-corrected chi connectivity index (χ4v) is 3.01. The van der Waals surface area contributed by atoms with Crippen molar-refractivity contribution in [1.82, 2.24) is 0 Å². The number of aryl methyl sites for hydroxylation is 1. The summed E-state index contributed by atoms with van der Waals surface area (Å²) < 4.78 is 0. The number of nitriles is 1. The monoisotopic (exact) mass is 277 g/mol. The van der Waals surface area contributed by atoms with Crippen LogP contribution in [-0.2, 0) is 0 Å². The number of nitrogens with zero attached hydrogens (tertiary/aromatic N) is 1. The molecule has 0 spiro atoms. The van der Waals surface area contributed by atoms with E-state index in [9.17, 15) is 10.4 Å². The van der Waals surface area contributed by atoms with E-state index in [0.717, 1.165) is 36.8 Å². The number of hydrogen-bond donors (Lipinski definition) is 1. The maximum Gasteiger partial charge on any atom is 0.0976 e. The Morgan fingerprint density at radius 3 is 2.58 bits per heavy atom. The lowest BCUT2D eigenvalue weighted by Gasteiger charge is -2.37. The van der Waals surface area contributed by atoms with Gasteiger partial charge in [-0.2, -0.15) is 5.26 Å². The van der Waals surface area contributed by atoms with Crippen LogP contribution in [0.25, 0.3) is 0 Å². The molecular weight excluding hydrogens is 258 g/mol. The fraction of sp³-hybridized carbons (Fsp3) is 0.562. The van der Waals surface area contributed by atoms with Gasteiger partial charge < -0.3 is 5.11 Å². The zero-order valence-electron chi connectivity index (χ0n) is 11.5. The summed E-state index contributed by atoms with van der Waals surface area (Å²) in [6.45, 7) is 4.14. The first-order valence-corrected chi connectivity index (χ1v) is 7.22. The van der Waals surface area contributed by atoms with Gasteiger partial charge in [0.2, 0.25) is 0 Å². The van der Waals surface area contributed by atoms with Crippen LogP contribution in [0.3, 0.4) is 0 Å². The van der Waals surface area contributed by atoms with Crippen LogP contribution in [-0.4, -0.2) is 5.11 Å². The molecule has 1 N–H and O–H groups in total. The highest BCUT2D eigenvalue weighted by Gasteiger charge is 2.41. The van der Waals surface area contributed by atoms with Gasteiger partial charge in [-0.1, -0.05) is 30.7 Å². The van der Waals surface area contributed by atoms with Crippen LogP contribution in [0.15, 0.2) is 18.2 Å². The summed E-state index contributed by atoms with van der Waals surface area (Å²) in [5.74, 6) is 0.648. The Balaban J connectivity index is 2.28. The van der Waals surface area contributed by atoms with Crippen molar-refractivity contribution in [2.75, 3.05) is 0 Å². The van der Waals surface area contributed by atoms with Gasteiger partial charge in [-0.15, -0.1) is 0 Å². The van der Waals surface area contributed by atoms with Gasteiger partial charge in [0.05, 0.1) is 17.6 Å². The van der Waals surface area contributed by atoms with Crippen LogP contribution in [0.4, 0.5) is 0 Å². The Labute approximate surface area is 120 Å². The van der Waals surface area contributed by atoms with Crippen molar-refractivity contribution in [2.45, 2.75) is 45.6 Å². The average molecular weight is 278 g/mol. The standard InChI is InChI=1S/C16H20ClNO/c1-11-5-7-16(10-18,8-6-11)15(19)13-4-3-12(2)14(17)9-13/h3-4,9,11,15,19H,5-8H2,1-2H3. The maximum absolute atomic E-state index is 10.6. The molecule has 19 heavy (non-hydrogen) atoms. The van der Waals surface area contributed by atoms with Gasteiger partial charge in [-0.25, -0.2) is 0 Å². The molecule has 0 bridgehead atoms. The lowest BCUT2D eigenvalue weighted by molar-refractivity contribution is 0.0266. The van der Waals surface area contributed by atoms with Gasteiger partial charge >= 0.3 is 0 Å². The molecule has 2 nitrogen and oxygen atoms in total. The summed E-state index contributed by atoms with van der Waals surface area (Å²) in [5, 5.41) is 20.8. The second kappa shape index (κ2) is 5.53. The zero-order chi connectivity index (χ0) is 14.0. The van der Waals surface area contributed by atoms with Crippen molar-refractivity contribution < 1.29 is 5.11 Å². The molecular formula is C16H20ClNO. The van der Waals surface area contributed by atoms with E-state index in [0.29, 0.717) is 10.9 Å². The van der Waals surface area contributed by atoms with Crippen molar-refractivity contribution in [2.24, 2.45) is 11.3 Å². The molecule has 0 saturated heterocycles. The summed E-state index contributed by atoms with van der Waals surface area (Å²) in [5.41, 5.74) is 1.10. The van der Waals surface area contributed by atoms with Crippen molar-refractivity contribution in [3.05, 3.63) is 34.3 Å². The summed E-state index contributed by atoms with van der Waals surface area (Å²) >= 11 is 6.11. The molecule has 1 aromatic carbocycles. The molecule has 0 aromatic heterocycles. The predicted octanol–water partition coefficient (Wildman–Crippen LogP) is 4.40. The van der Waals surface area contributed by atoms with Gasteiger partial charge in [-0.3, -0.25) is 0 Å². The summed E-state index contributed by atoms with van der Waals surface area (Å²) in [7, 11) is 0. The molecule has 1 unspecified atom stereocenters. The minimum absolute atomic E-state index is 0.647. The van der Waals surface area contributed by atoms with E-state index in [-0.39, 0.29) is 0 Å². The van der Waals surface area contributed by atoms with E-state index in [4.69, 9.17) is 11.6 Å². The minimum Gasteiger partial charge on any atom is -0.387 e. The van der Waals surface area contributed by atoms with Crippen LogP contribution in [0.5, 0.6) is 0 Å². The molecule has 1 fully saturated rings. The van der Waals surface area contributed by atoms with Gasteiger partial charge in [0.1, 0.15) is 0 Å². The first kappa shape index (κ1) is 14.4. The Hall–Kier alpha value is -1.04. The van der Waals surface area contributed by atoms with Crippen LogP contribution in [0, 0.1) is 29.6 Å². The predicted molar refractivity (Wildman–Crippen MR) is 76.8 cm³/mol. The molecule has 0 heterocycles. The minimum atomic E-state index is -0.747. The summed E-state index contributed by atoms with van der Waals surface area (Å²) in [4.78, 5) is 0. The van der Waals surface area contributed by atoms with Crippen molar-refractivity contribution in [1.29, 1.82) is 5.26 Å². The van der Waals surface area contributed by atoms with E-state index < -0.39 is 11.5 Å². The third kappa shape index (κ3) is 2.78. The second-order valence-corrected chi connectivity index (χ2v) is 6.27. The molecule has 0 radical (unpaired) electrons. The van der Waals surface area contributed by atoms with E-state index in [1.165, 1.54) is 0 Å². The van der Waals surface area contributed by atoms with E-state index in [1.54, 1.807) is 6.07 Å². The second-order valence-electron chi connectivity index (χ2n) is 5.86. The number of aliphatic hydroxyl groups is 1. The number of aliphatic hydroxyl groups excluding tert-OH is 1. The molecule has 1 saturated carbocycles. The Bertz CT molecular complexity index is 498. The molecule has 102 valence electrons. The lowest BCUT2D eigenvalue weighted by Crippen LogP contribution is -2.32. The van der Waals surface area contributed by atoms with E-state index >= 15 is 0 Å². The van der Waals surface area contributed by atoms with Crippen molar-refractivity contribution in [3.8, 4) is 6.07 Å². The molecule has 0 amide bonds. The number of halogens is 1. The SMILES string of the molecule is Cc1ccc(C(O)C2(C#N)CCC(C)CC2)cc1Cl. The van der Waals surface area contributed by atoms with Gasteiger partial charge in [-0.05, 0) is 55.7 Å². The smallest absolute Gasteiger partial charge is 0.0976 e. The van der Waals surface area contributed by atoms with Crippen molar-refractivity contribution in [3.63, 3.8) is 0 Å². The fourth-order valence-electron chi connectivity index (χ4n) is 2.82. The molecule has 3 heteroatoms. The Kier molecular flexibility index (Phi) is 4.18. The Morgan fingerprint density at radius 2 is 2.05 bits per heavy atom. The van der Waals surface area contributed by atoms with Gasteiger partial charge in [0.15, 0.2) is 0 Å². The first-order chi connectivity index (χ1) is 8.98. The third-order valence-corrected chi connectivity index (χ3v) is 4.83. The average Bonchev–Trinajstić information content (AvgIpc) is 2.42. The molecule has 1 aliphatic rings. The quantitative estimate of drug-likeness (QED) is 0.871. The van der Waals surface area contributed by atoms with Gasteiger partial charge in [0.25, 0.3) is 0 Å². The molecule has 1 atom stereocenters. The first-order valence-electron chi connectivity index (χ1n) is 6.84. The highest BCUT2D eigenvalue weighted by Crippen LogP contribution is 2.47. The number of rotatable bonds is 2. The van der Waals surface area contributed by atoms with E-state index in [2.05, 4.69) is 13.0 Å². The van der Waals surface area contributed by atoms with Crippen LogP contribution >= 0.6 is 11.6 Å². The highest BCUT2D eigenvalue weighted by atomic mass is 35.5. The van der Waals surface area contributed by atoms with E-state index in [1.807, 2.05) is 19.1 Å². The third-order valence-electron chi connectivity index (χ3n) is 4.42. The number of hydrogen-bond acceptors (Lipinski definition) is 2. The molecule has 1 aromatic rings. The Morgan fingerprint density at radius 1 is 1.42 bits per heavy atom. The largest absolute Gasteiger partial charge is 0.387 e. The highest BCUT2D eigenvalue weighted by molar-refractivity contribution is 6.31. The molecule has 1 aliphatic carbocycles. The van der Waals surface area contributed by atoms with Crippen LogP contribution in [0.2, 0.25) is 5.02 Å².